The standard InChI is InChI=1S/C20H23ClFN3O3S/c1-29(27,28)24-17-10-3-2-7-14(17)20(26)23-13-18(25-11-4-5-12-25)19-15(21)8-6-9-16(19)22/h2-3,6-10,18,24H,4-5,11-13H2,1H3,(H,23,26). The SMILES string of the molecule is CS(=O)(=O)Nc1ccccc1C(=O)NCC(c1c(F)cccc1Cl)N1CCCC1. The van der Waals surface area contributed by atoms with E-state index in [0.29, 0.717) is 10.6 Å². The van der Waals surface area contributed by atoms with E-state index in [1.54, 1.807) is 24.3 Å². The second-order valence-corrected chi connectivity index (χ2v) is 9.18. The van der Waals surface area contributed by atoms with Crippen molar-refractivity contribution >= 4 is 33.2 Å². The Morgan fingerprint density at radius 3 is 2.52 bits per heavy atom. The Kier molecular flexibility index (Phi) is 6.77. The molecule has 0 saturated carbocycles. The molecule has 6 nitrogen and oxygen atoms in total. The van der Waals surface area contributed by atoms with Gasteiger partial charge in [0.05, 0.1) is 23.5 Å². The summed E-state index contributed by atoms with van der Waals surface area (Å²) in [7, 11) is -3.54. The monoisotopic (exact) mass is 439 g/mol. The second-order valence-electron chi connectivity index (χ2n) is 7.02. The van der Waals surface area contributed by atoms with Crippen LogP contribution in [0, 0.1) is 5.82 Å². The zero-order valence-corrected chi connectivity index (χ0v) is 17.6. The van der Waals surface area contributed by atoms with E-state index >= 15 is 0 Å². The smallest absolute Gasteiger partial charge is 0.253 e. The average molecular weight is 440 g/mol. The lowest BCUT2D eigenvalue weighted by Crippen LogP contribution is -2.37. The van der Waals surface area contributed by atoms with Crippen LogP contribution < -0.4 is 10.0 Å². The number of benzene rings is 2. The molecule has 0 bridgehead atoms. The summed E-state index contributed by atoms with van der Waals surface area (Å²) in [6.07, 6.45) is 3.01. The van der Waals surface area contributed by atoms with Crippen LogP contribution in [0.4, 0.5) is 10.1 Å². The number of carbonyl (C=O) groups is 1. The molecule has 0 aliphatic carbocycles. The lowest BCUT2D eigenvalue weighted by molar-refractivity contribution is 0.0938. The molecule has 1 unspecified atom stereocenters. The van der Waals surface area contributed by atoms with Crippen molar-refractivity contribution in [3.05, 3.63) is 64.4 Å². The summed E-state index contributed by atoms with van der Waals surface area (Å²) < 4.78 is 40.0. The summed E-state index contributed by atoms with van der Waals surface area (Å²) >= 11 is 6.28. The molecule has 1 atom stereocenters. The summed E-state index contributed by atoms with van der Waals surface area (Å²) in [5.74, 6) is -0.865. The van der Waals surface area contributed by atoms with Gasteiger partial charge in [0.25, 0.3) is 5.91 Å². The van der Waals surface area contributed by atoms with E-state index in [4.69, 9.17) is 11.6 Å². The van der Waals surface area contributed by atoms with Crippen molar-refractivity contribution in [2.75, 3.05) is 30.6 Å². The van der Waals surface area contributed by atoms with Crippen molar-refractivity contribution < 1.29 is 17.6 Å². The molecule has 9 heteroatoms. The average Bonchev–Trinajstić information content (AvgIpc) is 3.17. The first kappa shape index (κ1) is 21.5. The first-order valence-corrected chi connectivity index (χ1v) is 11.6. The minimum absolute atomic E-state index is 0.146. The van der Waals surface area contributed by atoms with Crippen LogP contribution in [0.15, 0.2) is 42.5 Å². The van der Waals surface area contributed by atoms with E-state index in [1.165, 1.54) is 18.2 Å². The van der Waals surface area contributed by atoms with Crippen molar-refractivity contribution in [2.24, 2.45) is 0 Å². The molecule has 3 rings (SSSR count). The number of amides is 1. The Morgan fingerprint density at radius 1 is 1.17 bits per heavy atom. The molecule has 1 amide bonds. The number of carbonyl (C=O) groups excluding carboxylic acids is 1. The maximum Gasteiger partial charge on any atom is 0.253 e. The van der Waals surface area contributed by atoms with Gasteiger partial charge in [-0.3, -0.25) is 14.4 Å². The Bertz CT molecular complexity index is 974. The zero-order valence-electron chi connectivity index (χ0n) is 16.0. The molecule has 1 heterocycles. The lowest BCUT2D eigenvalue weighted by Gasteiger charge is -2.29. The highest BCUT2D eigenvalue weighted by molar-refractivity contribution is 7.92. The van der Waals surface area contributed by atoms with Crippen LogP contribution in [0.2, 0.25) is 5.02 Å². The van der Waals surface area contributed by atoms with Crippen molar-refractivity contribution in [3.63, 3.8) is 0 Å². The number of nitrogens with one attached hydrogen (secondary N) is 2. The Morgan fingerprint density at radius 2 is 1.86 bits per heavy atom. The van der Waals surface area contributed by atoms with Crippen LogP contribution in [0.3, 0.4) is 0 Å². The highest BCUT2D eigenvalue weighted by Gasteiger charge is 2.28. The molecule has 0 radical (unpaired) electrons. The summed E-state index contributed by atoms with van der Waals surface area (Å²) in [4.78, 5) is 14.9. The van der Waals surface area contributed by atoms with Crippen LogP contribution in [0.5, 0.6) is 0 Å². The van der Waals surface area contributed by atoms with Gasteiger partial charge in [0.2, 0.25) is 10.0 Å². The molecule has 2 aromatic rings. The number of hydrogen-bond donors (Lipinski definition) is 2. The van der Waals surface area contributed by atoms with E-state index in [9.17, 15) is 17.6 Å². The van der Waals surface area contributed by atoms with Crippen molar-refractivity contribution in [1.29, 1.82) is 0 Å². The number of sulfonamides is 1. The fourth-order valence-corrected chi connectivity index (χ4v) is 4.42. The van der Waals surface area contributed by atoms with Crippen molar-refractivity contribution in [2.45, 2.75) is 18.9 Å². The molecular weight excluding hydrogens is 417 g/mol. The number of anilines is 1. The van der Waals surface area contributed by atoms with E-state index < -0.39 is 27.8 Å². The van der Waals surface area contributed by atoms with Gasteiger partial charge < -0.3 is 5.32 Å². The first-order valence-electron chi connectivity index (χ1n) is 9.29. The maximum absolute atomic E-state index is 14.6. The van der Waals surface area contributed by atoms with Crippen molar-refractivity contribution in [3.8, 4) is 0 Å². The third-order valence-electron chi connectivity index (χ3n) is 4.84. The van der Waals surface area contributed by atoms with E-state index in [0.717, 1.165) is 32.2 Å². The molecule has 1 fully saturated rings. The Labute approximate surface area is 175 Å². The molecule has 2 N–H and O–H groups in total. The molecule has 0 aromatic heterocycles. The number of halogens is 2. The molecule has 29 heavy (non-hydrogen) atoms. The van der Waals surface area contributed by atoms with Gasteiger partial charge in [-0.2, -0.15) is 0 Å². The number of likely N-dealkylation sites (tertiary alicyclic amines) is 1. The first-order chi connectivity index (χ1) is 13.8. The third-order valence-corrected chi connectivity index (χ3v) is 5.76. The Balaban J connectivity index is 1.83. The highest BCUT2D eigenvalue weighted by atomic mass is 35.5. The minimum atomic E-state index is -3.54. The molecule has 2 aromatic carbocycles. The van der Waals surface area contributed by atoms with Crippen LogP contribution in [-0.2, 0) is 10.0 Å². The summed E-state index contributed by atoms with van der Waals surface area (Å²) in [5.41, 5.74) is 0.741. The van der Waals surface area contributed by atoms with E-state index in [1.807, 2.05) is 0 Å². The van der Waals surface area contributed by atoms with E-state index in [-0.39, 0.29) is 17.8 Å². The number of para-hydroxylation sites is 1. The van der Waals surface area contributed by atoms with Crippen LogP contribution in [0.1, 0.15) is 34.8 Å². The molecule has 0 spiro atoms. The minimum Gasteiger partial charge on any atom is -0.350 e. The van der Waals surface area contributed by atoms with Gasteiger partial charge in [-0.15, -0.1) is 0 Å². The molecule has 1 aliphatic rings. The summed E-state index contributed by atoms with van der Waals surface area (Å²) in [6.45, 7) is 1.72. The quantitative estimate of drug-likeness (QED) is 0.692. The Hall–Kier alpha value is -2.16. The maximum atomic E-state index is 14.6. The predicted molar refractivity (Wildman–Crippen MR) is 112 cm³/mol. The van der Waals surface area contributed by atoms with Gasteiger partial charge >= 0.3 is 0 Å². The highest BCUT2D eigenvalue weighted by Crippen LogP contribution is 2.32. The third kappa shape index (κ3) is 5.46. The van der Waals surface area contributed by atoms with Gasteiger partial charge in [0.15, 0.2) is 0 Å². The number of hydrogen-bond acceptors (Lipinski definition) is 4. The largest absolute Gasteiger partial charge is 0.350 e. The van der Waals surface area contributed by atoms with Gasteiger partial charge in [0, 0.05) is 17.1 Å². The lowest BCUT2D eigenvalue weighted by atomic mass is 10.0. The molecular formula is C20H23ClFN3O3S. The fraction of sp³-hybridized carbons (Fsp3) is 0.350. The van der Waals surface area contributed by atoms with Gasteiger partial charge in [-0.05, 0) is 50.2 Å². The van der Waals surface area contributed by atoms with Gasteiger partial charge in [-0.1, -0.05) is 29.8 Å². The zero-order chi connectivity index (χ0) is 21.0. The normalized spacial score (nSPS) is 15.8. The fourth-order valence-electron chi connectivity index (χ4n) is 3.55. The van der Waals surface area contributed by atoms with Crippen LogP contribution in [0.25, 0.3) is 0 Å². The van der Waals surface area contributed by atoms with Crippen molar-refractivity contribution in [1.82, 2.24) is 10.2 Å². The predicted octanol–water partition coefficient (Wildman–Crippen LogP) is 3.42. The topological polar surface area (TPSA) is 78.5 Å². The van der Waals surface area contributed by atoms with Gasteiger partial charge in [-0.25, -0.2) is 12.8 Å². The number of nitrogens with zero attached hydrogens (tertiary/aromatic N) is 1. The molecule has 1 saturated heterocycles. The number of rotatable bonds is 7. The summed E-state index contributed by atoms with van der Waals surface area (Å²) in [5, 5.41) is 3.13. The van der Waals surface area contributed by atoms with Crippen LogP contribution >= 0.6 is 11.6 Å². The summed E-state index contributed by atoms with van der Waals surface area (Å²) in [6, 6.07) is 10.5. The molecule has 1 aliphatic heterocycles. The molecule has 156 valence electrons. The van der Waals surface area contributed by atoms with Gasteiger partial charge in [0.1, 0.15) is 5.82 Å². The second kappa shape index (κ2) is 9.11. The van der Waals surface area contributed by atoms with Crippen LogP contribution in [-0.4, -0.2) is 45.1 Å². The van der Waals surface area contributed by atoms with E-state index in [2.05, 4.69) is 14.9 Å².